The van der Waals surface area contributed by atoms with Crippen LogP contribution in [0.15, 0.2) is 12.4 Å². The van der Waals surface area contributed by atoms with E-state index in [0.29, 0.717) is 6.04 Å². The number of nitrogens with zero attached hydrogens (tertiary/aromatic N) is 2. The second-order valence-electron chi connectivity index (χ2n) is 4.07. The average Bonchev–Trinajstić information content (AvgIpc) is 2.66. The highest BCUT2D eigenvalue weighted by atomic mass is 16.5. The lowest BCUT2D eigenvalue weighted by Crippen LogP contribution is -2.38. The Morgan fingerprint density at radius 1 is 1.67 bits per heavy atom. The van der Waals surface area contributed by atoms with E-state index < -0.39 is 0 Å². The van der Waals surface area contributed by atoms with E-state index in [4.69, 9.17) is 4.74 Å². The molecule has 0 bridgehead atoms. The number of aryl methyl sites for hydroxylation is 1. The van der Waals surface area contributed by atoms with Gasteiger partial charge in [-0.15, -0.1) is 0 Å². The highest BCUT2D eigenvalue weighted by Crippen LogP contribution is 2.05. The molecule has 0 saturated carbocycles. The zero-order chi connectivity index (χ0) is 10.5. The number of aromatic nitrogens is 2. The Balaban J connectivity index is 1.68. The van der Waals surface area contributed by atoms with Gasteiger partial charge in [0.25, 0.3) is 0 Å². The summed E-state index contributed by atoms with van der Waals surface area (Å²) >= 11 is 0. The molecule has 1 N–H and O–H groups in total. The van der Waals surface area contributed by atoms with E-state index in [1.165, 1.54) is 12.8 Å². The second-order valence-corrected chi connectivity index (χ2v) is 4.07. The average molecular weight is 209 g/mol. The standard InChI is InChI=1S/C11H19N3O/c1-14-7-6-13-11(14)4-5-12-10-3-2-8-15-9-10/h6-7,10,12H,2-5,8-9H2,1H3. The summed E-state index contributed by atoms with van der Waals surface area (Å²) in [6, 6.07) is 0.541. The SMILES string of the molecule is Cn1ccnc1CCNC1CCCOC1. The third-order valence-corrected chi connectivity index (χ3v) is 2.86. The van der Waals surface area contributed by atoms with Crippen molar-refractivity contribution >= 4 is 0 Å². The van der Waals surface area contributed by atoms with Gasteiger partial charge in [-0.1, -0.05) is 0 Å². The predicted octanol–water partition coefficient (Wildman–Crippen LogP) is 0.731. The van der Waals surface area contributed by atoms with Gasteiger partial charge in [-0.3, -0.25) is 0 Å². The summed E-state index contributed by atoms with van der Waals surface area (Å²) in [5, 5.41) is 3.51. The van der Waals surface area contributed by atoms with Crippen LogP contribution in [-0.4, -0.2) is 35.4 Å². The van der Waals surface area contributed by atoms with Crippen molar-refractivity contribution in [3.05, 3.63) is 18.2 Å². The molecule has 1 saturated heterocycles. The Labute approximate surface area is 90.6 Å². The van der Waals surface area contributed by atoms with E-state index in [1.54, 1.807) is 0 Å². The molecule has 84 valence electrons. The van der Waals surface area contributed by atoms with Crippen LogP contribution in [0.1, 0.15) is 18.7 Å². The molecule has 1 aliphatic heterocycles. The molecule has 1 aromatic heterocycles. The van der Waals surface area contributed by atoms with E-state index in [-0.39, 0.29) is 0 Å². The van der Waals surface area contributed by atoms with Crippen molar-refractivity contribution in [3.63, 3.8) is 0 Å². The summed E-state index contributed by atoms with van der Waals surface area (Å²) in [6.07, 6.45) is 7.23. The molecule has 1 aromatic rings. The van der Waals surface area contributed by atoms with Crippen LogP contribution in [0.25, 0.3) is 0 Å². The van der Waals surface area contributed by atoms with Crippen LogP contribution in [-0.2, 0) is 18.2 Å². The molecular weight excluding hydrogens is 190 g/mol. The monoisotopic (exact) mass is 209 g/mol. The number of rotatable bonds is 4. The topological polar surface area (TPSA) is 39.1 Å². The normalized spacial score (nSPS) is 21.8. The maximum absolute atomic E-state index is 5.41. The third kappa shape index (κ3) is 3.04. The van der Waals surface area contributed by atoms with Crippen molar-refractivity contribution in [1.29, 1.82) is 0 Å². The molecule has 2 heterocycles. The van der Waals surface area contributed by atoms with Crippen molar-refractivity contribution in [2.24, 2.45) is 7.05 Å². The van der Waals surface area contributed by atoms with E-state index >= 15 is 0 Å². The highest BCUT2D eigenvalue weighted by Gasteiger charge is 2.12. The Bertz CT molecular complexity index is 292. The molecule has 0 radical (unpaired) electrons. The van der Waals surface area contributed by atoms with Crippen LogP contribution in [0.3, 0.4) is 0 Å². The molecule has 1 unspecified atom stereocenters. The van der Waals surface area contributed by atoms with E-state index in [1.807, 2.05) is 19.4 Å². The molecule has 2 rings (SSSR count). The Morgan fingerprint density at radius 3 is 3.27 bits per heavy atom. The fraction of sp³-hybridized carbons (Fsp3) is 0.727. The van der Waals surface area contributed by atoms with Gasteiger partial charge in [0, 0.05) is 45.1 Å². The molecule has 15 heavy (non-hydrogen) atoms. The summed E-state index contributed by atoms with van der Waals surface area (Å²) in [7, 11) is 2.03. The third-order valence-electron chi connectivity index (χ3n) is 2.86. The van der Waals surface area contributed by atoms with E-state index in [2.05, 4.69) is 14.9 Å². The molecule has 0 amide bonds. The first-order valence-corrected chi connectivity index (χ1v) is 5.63. The summed E-state index contributed by atoms with van der Waals surface area (Å²) in [4.78, 5) is 4.29. The Hall–Kier alpha value is -0.870. The van der Waals surface area contributed by atoms with Gasteiger partial charge in [0.2, 0.25) is 0 Å². The van der Waals surface area contributed by atoms with Gasteiger partial charge in [0.1, 0.15) is 5.82 Å². The lowest BCUT2D eigenvalue weighted by atomic mass is 10.1. The van der Waals surface area contributed by atoms with Gasteiger partial charge in [-0.25, -0.2) is 4.98 Å². The quantitative estimate of drug-likeness (QED) is 0.794. The van der Waals surface area contributed by atoms with Crippen LogP contribution >= 0.6 is 0 Å². The number of nitrogens with one attached hydrogen (secondary N) is 1. The van der Waals surface area contributed by atoms with Crippen molar-refractivity contribution in [3.8, 4) is 0 Å². The zero-order valence-electron chi connectivity index (χ0n) is 9.28. The summed E-state index contributed by atoms with van der Waals surface area (Å²) in [5.41, 5.74) is 0. The Kier molecular flexibility index (Phi) is 3.75. The smallest absolute Gasteiger partial charge is 0.109 e. The van der Waals surface area contributed by atoms with Crippen LogP contribution in [0, 0.1) is 0 Å². The van der Waals surface area contributed by atoms with Crippen molar-refractivity contribution in [1.82, 2.24) is 14.9 Å². The van der Waals surface area contributed by atoms with E-state index in [9.17, 15) is 0 Å². The molecule has 4 heteroatoms. The zero-order valence-corrected chi connectivity index (χ0v) is 9.28. The maximum atomic E-state index is 5.41. The van der Waals surface area contributed by atoms with Gasteiger partial charge in [0.15, 0.2) is 0 Å². The summed E-state index contributed by atoms with van der Waals surface area (Å²) < 4.78 is 7.48. The van der Waals surface area contributed by atoms with Crippen molar-refractivity contribution in [2.45, 2.75) is 25.3 Å². The van der Waals surface area contributed by atoms with Crippen molar-refractivity contribution in [2.75, 3.05) is 19.8 Å². The van der Waals surface area contributed by atoms with Gasteiger partial charge in [-0.05, 0) is 12.8 Å². The first-order valence-electron chi connectivity index (χ1n) is 5.63. The van der Waals surface area contributed by atoms with Crippen LogP contribution in [0.4, 0.5) is 0 Å². The van der Waals surface area contributed by atoms with Crippen LogP contribution < -0.4 is 5.32 Å². The fourth-order valence-corrected chi connectivity index (χ4v) is 1.93. The summed E-state index contributed by atoms with van der Waals surface area (Å²) in [5.74, 6) is 1.14. The fourth-order valence-electron chi connectivity index (χ4n) is 1.93. The number of hydrogen-bond acceptors (Lipinski definition) is 3. The second kappa shape index (κ2) is 5.28. The van der Waals surface area contributed by atoms with Crippen molar-refractivity contribution < 1.29 is 4.74 Å². The molecule has 0 spiro atoms. The number of ether oxygens (including phenoxy) is 1. The molecule has 4 nitrogen and oxygen atoms in total. The molecule has 0 aliphatic carbocycles. The minimum absolute atomic E-state index is 0.541. The number of hydrogen-bond donors (Lipinski definition) is 1. The molecule has 0 aromatic carbocycles. The minimum Gasteiger partial charge on any atom is -0.380 e. The maximum Gasteiger partial charge on any atom is 0.109 e. The Morgan fingerprint density at radius 2 is 2.60 bits per heavy atom. The number of imidazole rings is 1. The first kappa shape index (κ1) is 10.6. The molecular formula is C11H19N3O. The molecule has 1 fully saturated rings. The van der Waals surface area contributed by atoms with Gasteiger partial charge >= 0.3 is 0 Å². The molecule has 1 aliphatic rings. The van der Waals surface area contributed by atoms with Gasteiger partial charge < -0.3 is 14.6 Å². The lowest BCUT2D eigenvalue weighted by molar-refractivity contribution is 0.0706. The van der Waals surface area contributed by atoms with Gasteiger partial charge in [0.05, 0.1) is 6.61 Å². The highest BCUT2D eigenvalue weighted by molar-refractivity contribution is 4.91. The minimum atomic E-state index is 0.541. The van der Waals surface area contributed by atoms with Gasteiger partial charge in [-0.2, -0.15) is 0 Å². The molecule has 1 atom stereocenters. The summed E-state index contributed by atoms with van der Waals surface area (Å²) in [6.45, 7) is 2.77. The first-order chi connectivity index (χ1) is 7.36. The lowest BCUT2D eigenvalue weighted by Gasteiger charge is -2.23. The van der Waals surface area contributed by atoms with E-state index in [0.717, 1.165) is 32.0 Å². The largest absolute Gasteiger partial charge is 0.380 e. The van der Waals surface area contributed by atoms with Crippen LogP contribution in [0.5, 0.6) is 0 Å². The van der Waals surface area contributed by atoms with Crippen LogP contribution in [0.2, 0.25) is 0 Å². The predicted molar refractivity (Wildman–Crippen MR) is 58.8 cm³/mol.